The van der Waals surface area contributed by atoms with Crippen LogP contribution in [0.15, 0.2) is 58.3 Å². The molecule has 1 aliphatic heterocycles. The molecule has 110 valence electrons. The summed E-state index contributed by atoms with van der Waals surface area (Å²) >= 11 is 1.90. The third-order valence-electron chi connectivity index (χ3n) is 3.86. The van der Waals surface area contributed by atoms with Crippen molar-refractivity contribution in [2.45, 2.75) is 22.8 Å². The van der Waals surface area contributed by atoms with E-state index in [9.17, 15) is 0 Å². The van der Waals surface area contributed by atoms with Crippen LogP contribution < -0.4 is 9.80 Å². The van der Waals surface area contributed by atoms with Crippen molar-refractivity contribution in [1.82, 2.24) is 0 Å². The predicted octanol–water partition coefficient (Wildman–Crippen LogP) is 2.69. The molecule has 0 atom stereocenters. The number of benzene rings is 2. The maximum absolute atomic E-state index is 2.54. The molecule has 1 aliphatic rings. The molecule has 0 saturated heterocycles. The zero-order valence-electron chi connectivity index (χ0n) is 12.8. The standard InChI is InChI=1S/C18H22N2S/c1-19(2)12-7-13-20-14-15-8-3-5-10-17(15)21-18-11-6-4-9-16(18)20/h3-6,8-11H,7,12-14H2,1-2H3/p+1. The minimum atomic E-state index is 1.02. The van der Waals surface area contributed by atoms with E-state index in [2.05, 4.69) is 67.5 Å². The highest BCUT2D eigenvalue weighted by atomic mass is 32.2. The molecule has 1 N–H and O–H groups in total. The Labute approximate surface area is 131 Å². The second-order valence-electron chi connectivity index (χ2n) is 5.91. The van der Waals surface area contributed by atoms with Crippen LogP contribution >= 0.6 is 11.8 Å². The summed E-state index contributed by atoms with van der Waals surface area (Å²) in [5.74, 6) is 0. The van der Waals surface area contributed by atoms with E-state index in [0.717, 1.165) is 13.1 Å². The van der Waals surface area contributed by atoms with Gasteiger partial charge in [0.05, 0.1) is 26.3 Å². The molecule has 0 saturated carbocycles. The smallest absolute Gasteiger partial charge is 0.0783 e. The third kappa shape index (κ3) is 3.42. The number of hydrogen-bond acceptors (Lipinski definition) is 2. The summed E-state index contributed by atoms with van der Waals surface area (Å²) in [6.45, 7) is 3.35. The number of hydrogen-bond donors (Lipinski definition) is 1. The van der Waals surface area contributed by atoms with E-state index in [0.29, 0.717) is 0 Å². The Bertz CT molecular complexity index is 610. The van der Waals surface area contributed by atoms with E-state index in [1.165, 1.54) is 38.9 Å². The highest BCUT2D eigenvalue weighted by molar-refractivity contribution is 7.99. The van der Waals surface area contributed by atoms with Gasteiger partial charge in [0.25, 0.3) is 0 Å². The van der Waals surface area contributed by atoms with E-state index in [1.54, 1.807) is 0 Å². The molecular formula is C18H23N2S+. The summed E-state index contributed by atoms with van der Waals surface area (Å²) < 4.78 is 0. The fourth-order valence-electron chi connectivity index (χ4n) is 2.77. The van der Waals surface area contributed by atoms with Crippen molar-refractivity contribution < 1.29 is 4.90 Å². The number of nitrogens with one attached hydrogen (secondary N) is 1. The third-order valence-corrected chi connectivity index (χ3v) is 5.05. The highest BCUT2D eigenvalue weighted by Crippen LogP contribution is 2.40. The monoisotopic (exact) mass is 299 g/mol. The summed E-state index contributed by atoms with van der Waals surface area (Å²) in [4.78, 5) is 6.83. The first-order chi connectivity index (χ1) is 10.2. The number of anilines is 1. The van der Waals surface area contributed by atoms with Gasteiger partial charge in [-0.25, -0.2) is 0 Å². The van der Waals surface area contributed by atoms with Crippen molar-refractivity contribution in [2.75, 3.05) is 32.1 Å². The van der Waals surface area contributed by atoms with E-state index in [4.69, 9.17) is 0 Å². The lowest BCUT2D eigenvalue weighted by atomic mass is 10.2. The van der Waals surface area contributed by atoms with Gasteiger partial charge in [0.2, 0.25) is 0 Å². The quantitative estimate of drug-likeness (QED) is 0.928. The molecule has 0 amide bonds. The van der Waals surface area contributed by atoms with Crippen molar-refractivity contribution >= 4 is 17.4 Å². The molecule has 0 radical (unpaired) electrons. The number of rotatable bonds is 4. The number of quaternary nitrogens is 1. The molecule has 0 aliphatic carbocycles. The molecule has 3 heteroatoms. The maximum Gasteiger partial charge on any atom is 0.0783 e. The van der Waals surface area contributed by atoms with E-state index >= 15 is 0 Å². The Balaban J connectivity index is 1.88. The minimum absolute atomic E-state index is 1.02. The fourth-order valence-corrected chi connectivity index (χ4v) is 3.87. The molecule has 3 rings (SSSR count). The second-order valence-corrected chi connectivity index (χ2v) is 6.99. The van der Waals surface area contributed by atoms with Gasteiger partial charge in [-0.15, -0.1) is 0 Å². The van der Waals surface area contributed by atoms with Gasteiger partial charge in [0.15, 0.2) is 0 Å². The average molecular weight is 299 g/mol. The van der Waals surface area contributed by atoms with Gasteiger partial charge in [-0.2, -0.15) is 0 Å². The molecule has 0 aromatic heterocycles. The van der Waals surface area contributed by atoms with E-state index in [1.807, 2.05) is 11.8 Å². The number of nitrogens with zero attached hydrogens (tertiary/aromatic N) is 1. The average Bonchev–Trinajstić information content (AvgIpc) is 2.63. The van der Waals surface area contributed by atoms with E-state index < -0.39 is 0 Å². The second kappa shape index (κ2) is 6.54. The Hall–Kier alpha value is -1.45. The van der Waals surface area contributed by atoms with Gasteiger partial charge >= 0.3 is 0 Å². The SMILES string of the molecule is C[NH+](C)CCCN1Cc2ccccc2Sc2ccccc21. The Morgan fingerprint density at radius 3 is 2.52 bits per heavy atom. The molecule has 0 unspecified atom stereocenters. The molecule has 2 aromatic carbocycles. The molecule has 2 aromatic rings. The summed E-state index contributed by atoms with van der Waals surface area (Å²) in [5.41, 5.74) is 2.82. The molecular weight excluding hydrogens is 276 g/mol. The van der Waals surface area contributed by atoms with Gasteiger partial charge in [-0.1, -0.05) is 42.1 Å². The van der Waals surface area contributed by atoms with Crippen LogP contribution in [0.25, 0.3) is 0 Å². The Morgan fingerprint density at radius 1 is 1.00 bits per heavy atom. The zero-order chi connectivity index (χ0) is 14.7. The first-order valence-corrected chi connectivity index (χ1v) is 8.44. The molecule has 0 fully saturated rings. The molecule has 0 bridgehead atoms. The summed E-state index contributed by atoms with van der Waals surface area (Å²) in [6.07, 6.45) is 1.23. The van der Waals surface area contributed by atoms with Crippen LogP contribution in [-0.4, -0.2) is 27.2 Å². The molecule has 21 heavy (non-hydrogen) atoms. The minimum Gasteiger partial charge on any atom is -0.366 e. The largest absolute Gasteiger partial charge is 0.366 e. The van der Waals surface area contributed by atoms with Gasteiger partial charge in [0.1, 0.15) is 0 Å². The van der Waals surface area contributed by atoms with Crippen molar-refractivity contribution in [3.05, 3.63) is 54.1 Å². The Morgan fingerprint density at radius 2 is 1.71 bits per heavy atom. The lowest BCUT2D eigenvalue weighted by Crippen LogP contribution is -3.05. The molecule has 1 heterocycles. The maximum atomic E-state index is 2.54. The number of para-hydroxylation sites is 1. The van der Waals surface area contributed by atoms with Gasteiger partial charge in [-0.3, -0.25) is 0 Å². The molecule has 2 nitrogen and oxygen atoms in total. The van der Waals surface area contributed by atoms with Crippen LogP contribution in [0.2, 0.25) is 0 Å². The van der Waals surface area contributed by atoms with Gasteiger partial charge in [0, 0.05) is 29.3 Å². The first-order valence-electron chi connectivity index (χ1n) is 7.63. The van der Waals surface area contributed by atoms with Crippen LogP contribution in [0.5, 0.6) is 0 Å². The lowest BCUT2D eigenvalue weighted by molar-refractivity contribution is -0.858. The number of fused-ring (bicyclic) bond motifs is 2. The summed E-state index contributed by atoms with van der Waals surface area (Å²) in [7, 11) is 4.45. The topological polar surface area (TPSA) is 7.68 Å². The highest BCUT2D eigenvalue weighted by Gasteiger charge is 2.19. The summed E-state index contributed by atoms with van der Waals surface area (Å²) in [5, 5.41) is 0. The normalized spacial score (nSPS) is 13.8. The van der Waals surface area contributed by atoms with Crippen molar-refractivity contribution in [2.24, 2.45) is 0 Å². The van der Waals surface area contributed by atoms with Crippen LogP contribution in [-0.2, 0) is 6.54 Å². The summed E-state index contributed by atoms with van der Waals surface area (Å²) in [6, 6.07) is 17.6. The fraction of sp³-hybridized carbons (Fsp3) is 0.333. The lowest BCUT2D eigenvalue weighted by Gasteiger charge is -2.25. The van der Waals surface area contributed by atoms with Gasteiger partial charge in [-0.05, 0) is 23.8 Å². The zero-order valence-corrected chi connectivity index (χ0v) is 13.6. The van der Waals surface area contributed by atoms with Gasteiger partial charge < -0.3 is 9.80 Å². The predicted molar refractivity (Wildman–Crippen MR) is 90.4 cm³/mol. The van der Waals surface area contributed by atoms with Crippen LogP contribution in [0.4, 0.5) is 5.69 Å². The van der Waals surface area contributed by atoms with Crippen molar-refractivity contribution in [3.8, 4) is 0 Å². The van der Waals surface area contributed by atoms with Crippen LogP contribution in [0.1, 0.15) is 12.0 Å². The van der Waals surface area contributed by atoms with E-state index in [-0.39, 0.29) is 0 Å². The van der Waals surface area contributed by atoms with Crippen LogP contribution in [0, 0.1) is 0 Å². The van der Waals surface area contributed by atoms with Crippen LogP contribution in [0.3, 0.4) is 0 Å². The van der Waals surface area contributed by atoms with Crippen molar-refractivity contribution in [3.63, 3.8) is 0 Å². The Kier molecular flexibility index (Phi) is 4.51. The molecule has 0 spiro atoms. The van der Waals surface area contributed by atoms with Crippen molar-refractivity contribution in [1.29, 1.82) is 0 Å². The first kappa shape index (κ1) is 14.5.